The summed E-state index contributed by atoms with van der Waals surface area (Å²) < 4.78 is 1.99. The molecule has 16 heavy (non-hydrogen) atoms. The van der Waals surface area contributed by atoms with Gasteiger partial charge in [-0.05, 0) is 24.9 Å². The van der Waals surface area contributed by atoms with E-state index < -0.39 is 0 Å². The molecule has 0 aliphatic carbocycles. The summed E-state index contributed by atoms with van der Waals surface area (Å²) in [6, 6.07) is 5.71. The number of aromatic nitrogens is 1. The minimum absolute atomic E-state index is 0.178. The van der Waals surface area contributed by atoms with Gasteiger partial charge in [-0.1, -0.05) is 13.0 Å². The van der Waals surface area contributed by atoms with Crippen LogP contribution >= 0.6 is 0 Å². The van der Waals surface area contributed by atoms with Crippen molar-refractivity contribution in [3.63, 3.8) is 0 Å². The molecule has 86 valence electrons. The van der Waals surface area contributed by atoms with Gasteiger partial charge in [0, 0.05) is 37.3 Å². The Bertz CT molecular complexity index is 451. The molecule has 0 spiro atoms. The van der Waals surface area contributed by atoms with E-state index in [4.69, 9.17) is 0 Å². The first-order chi connectivity index (χ1) is 7.78. The zero-order valence-electron chi connectivity index (χ0n) is 9.72. The van der Waals surface area contributed by atoms with E-state index >= 15 is 0 Å². The summed E-state index contributed by atoms with van der Waals surface area (Å²) in [5.74, 6) is 1.24. The number of hydrogen-bond acceptors (Lipinski definition) is 2. The predicted molar refractivity (Wildman–Crippen MR) is 63.7 cm³/mol. The fourth-order valence-corrected chi connectivity index (χ4v) is 3.25. The van der Waals surface area contributed by atoms with Crippen molar-refractivity contribution in [3.8, 4) is 0 Å². The number of fused-ring (bicyclic) bond motifs is 4. The Morgan fingerprint density at radius 1 is 1.31 bits per heavy atom. The van der Waals surface area contributed by atoms with Crippen LogP contribution in [0.2, 0.25) is 0 Å². The SMILES string of the molecule is CCN1CC2CC(C1)c1cccc(=O)n1C2. The number of likely N-dealkylation sites (N-methyl/N-ethyl adjacent to an activating group) is 1. The zero-order valence-corrected chi connectivity index (χ0v) is 9.72. The number of nitrogens with zero attached hydrogens (tertiary/aromatic N) is 2. The third-order valence-electron chi connectivity index (χ3n) is 4.00. The molecular weight excluding hydrogens is 200 g/mol. The quantitative estimate of drug-likeness (QED) is 0.709. The third kappa shape index (κ3) is 1.50. The van der Waals surface area contributed by atoms with E-state index in [1.165, 1.54) is 12.1 Å². The number of rotatable bonds is 1. The molecule has 1 aromatic rings. The molecule has 1 fully saturated rings. The summed E-state index contributed by atoms with van der Waals surface area (Å²) >= 11 is 0. The average molecular weight is 218 g/mol. The number of piperidine rings is 1. The van der Waals surface area contributed by atoms with Gasteiger partial charge in [-0.3, -0.25) is 4.79 Å². The van der Waals surface area contributed by atoms with Crippen LogP contribution in [0.1, 0.15) is 25.0 Å². The normalized spacial score (nSPS) is 28.8. The van der Waals surface area contributed by atoms with Crippen molar-refractivity contribution < 1.29 is 0 Å². The minimum Gasteiger partial charge on any atom is -0.312 e. The Hall–Kier alpha value is -1.09. The molecule has 1 saturated heterocycles. The first-order valence-electron chi connectivity index (χ1n) is 6.20. The van der Waals surface area contributed by atoms with Crippen LogP contribution < -0.4 is 5.56 Å². The maximum Gasteiger partial charge on any atom is 0.250 e. The van der Waals surface area contributed by atoms with Crippen molar-refractivity contribution in [2.75, 3.05) is 19.6 Å². The first-order valence-corrected chi connectivity index (χ1v) is 6.20. The molecule has 2 aliphatic heterocycles. The highest BCUT2D eigenvalue weighted by molar-refractivity contribution is 5.16. The van der Waals surface area contributed by atoms with Gasteiger partial charge in [0.05, 0.1) is 0 Å². The maximum atomic E-state index is 11.8. The Morgan fingerprint density at radius 3 is 3.00 bits per heavy atom. The number of likely N-dealkylation sites (tertiary alicyclic amines) is 1. The Morgan fingerprint density at radius 2 is 2.19 bits per heavy atom. The summed E-state index contributed by atoms with van der Waals surface area (Å²) in [6.45, 7) is 6.55. The maximum absolute atomic E-state index is 11.8. The van der Waals surface area contributed by atoms with Crippen LogP contribution in [0.15, 0.2) is 23.0 Å². The fraction of sp³-hybridized carbons (Fsp3) is 0.615. The molecule has 2 aliphatic rings. The summed E-state index contributed by atoms with van der Waals surface area (Å²) in [5, 5.41) is 0. The lowest BCUT2D eigenvalue weighted by atomic mass is 9.83. The van der Waals surface area contributed by atoms with Crippen LogP contribution in [0.5, 0.6) is 0 Å². The summed E-state index contributed by atoms with van der Waals surface area (Å²) in [6.07, 6.45) is 1.26. The molecule has 2 atom stereocenters. The van der Waals surface area contributed by atoms with Crippen LogP contribution in [-0.2, 0) is 6.54 Å². The van der Waals surface area contributed by atoms with Crippen molar-refractivity contribution in [2.45, 2.75) is 25.8 Å². The highest BCUT2D eigenvalue weighted by Gasteiger charge is 2.33. The molecule has 0 aromatic carbocycles. The Labute approximate surface area is 95.7 Å². The van der Waals surface area contributed by atoms with Gasteiger partial charge in [0.2, 0.25) is 0 Å². The van der Waals surface area contributed by atoms with E-state index in [-0.39, 0.29) is 5.56 Å². The number of hydrogen-bond donors (Lipinski definition) is 0. The van der Waals surface area contributed by atoms with Crippen molar-refractivity contribution >= 4 is 0 Å². The summed E-state index contributed by atoms with van der Waals surface area (Å²) in [4.78, 5) is 14.3. The fourth-order valence-electron chi connectivity index (χ4n) is 3.25. The van der Waals surface area contributed by atoms with Crippen LogP contribution in [-0.4, -0.2) is 29.1 Å². The van der Waals surface area contributed by atoms with Crippen molar-refractivity contribution in [3.05, 3.63) is 34.2 Å². The molecule has 1 aromatic heterocycles. The van der Waals surface area contributed by atoms with Crippen LogP contribution in [0.4, 0.5) is 0 Å². The lowest BCUT2D eigenvalue weighted by Gasteiger charge is -2.42. The molecule has 0 amide bonds. The van der Waals surface area contributed by atoms with Crippen molar-refractivity contribution in [1.82, 2.24) is 9.47 Å². The van der Waals surface area contributed by atoms with Crippen LogP contribution in [0.25, 0.3) is 0 Å². The number of pyridine rings is 1. The van der Waals surface area contributed by atoms with E-state index in [0.717, 1.165) is 26.2 Å². The second-order valence-electron chi connectivity index (χ2n) is 5.05. The Balaban J connectivity index is 2.02. The summed E-state index contributed by atoms with van der Waals surface area (Å²) in [7, 11) is 0. The van der Waals surface area contributed by atoms with E-state index in [0.29, 0.717) is 11.8 Å². The van der Waals surface area contributed by atoms with E-state index in [9.17, 15) is 4.79 Å². The van der Waals surface area contributed by atoms with Crippen LogP contribution in [0.3, 0.4) is 0 Å². The standard InChI is InChI=1S/C13H18N2O/c1-2-14-7-10-6-11(9-14)12-4-3-5-13(16)15(12)8-10/h3-5,10-11H,2,6-9H2,1H3. The van der Waals surface area contributed by atoms with E-state index in [1.54, 1.807) is 6.07 Å². The van der Waals surface area contributed by atoms with Crippen LogP contribution in [0, 0.1) is 5.92 Å². The molecule has 2 unspecified atom stereocenters. The molecule has 3 heterocycles. The summed E-state index contributed by atoms with van der Waals surface area (Å²) in [5.41, 5.74) is 1.43. The second kappa shape index (κ2) is 3.74. The van der Waals surface area contributed by atoms with E-state index in [1.807, 2.05) is 10.6 Å². The zero-order chi connectivity index (χ0) is 11.1. The van der Waals surface area contributed by atoms with Crippen molar-refractivity contribution in [1.29, 1.82) is 0 Å². The van der Waals surface area contributed by atoms with Gasteiger partial charge in [0.15, 0.2) is 0 Å². The lowest BCUT2D eigenvalue weighted by molar-refractivity contribution is 0.125. The topological polar surface area (TPSA) is 25.2 Å². The van der Waals surface area contributed by atoms with Gasteiger partial charge in [0.1, 0.15) is 0 Å². The molecule has 0 saturated carbocycles. The highest BCUT2D eigenvalue weighted by atomic mass is 16.1. The monoisotopic (exact) mass is 218 g/mol. The Kier molecular flexibility index (Phi) is 2.36. The van der Waals surface area contributed by atoms with Gasteiger partial charge < -0.3 is 9.47 Å². The molecule has 0 N–H and O–H groups in total. The van der Waals surface area contributed by atoms with E-state index in [2.05, 4.69) is 17.9 Å². The van der Waals surface area contributed by atoms with Crippen molar-refractivity contribution in [2.24, 2.45) is 5.92 Å². The predicted octanol–water partition coefficient (Wildman–Crippen LogP) is 1.29. The lowest BCUT2D eigenvalue weighted by Crippen LogP contribution is -2.46. The largest absolute Gasteiger partial charge is 0.312 e. The molecular formula is C13H18N2O. The molecule has 3 rings (SSSR count). The molecule has 3 nitrogen and oxygen atoms in total. The van der Waals surface area contributed by atoms with Gasteiger partial charge in [-0.25, -0.2) is 0 Å². The van der Waals surface area contributed by atoms with Gasteiger partial charge in [-0.15, -0.1) is 0 Å². The third-order valence-corrected chi connectivity index (χ3v) is 4.00. The molecule has 2 bridgehead atoms. The van der Waals surface area contributed by atoms with Gasteiger partial charge >= 0.3 is 0 Å². The molecule has 3 heteroatoms. The first kappa shape index (κ1) is 10.1. The van der Waals surface area contributed by atoms with Gasteiger partial charge in [-0.2, -0.15) is 0 Å². The molecule has 0 radical (unpaired) electrons. The highest BCUT2D eigenvalue weighted by Crippen LogP contribution is 2.34. The van der Waals surface area contributed by atoms with Gasteiger partial charge in [0.25, 0.3) is 5.56 Å². The minimum atomic E-state index is 0.178. The average Bonchev–Trinajstić information content (AvgIpc) is 2.30. The second-order valence-corrected chi connectivity index (χ2v) is 5.05. The smallest absolute Gasteiger partial charge is 0.250 e.